The van der Waals surface area contributed by atoms with Gasteiger partial charge in [0, 0.05) is 29.4 Å². The van der Waals surface area contributed by atoms with E-state index in [4.69, 9.17) is 0 Å². The third-order valence-corrected chi connectivity index (χ3v) is 2.87. The lowest BCUT2D eigenvalue weighted by Crippen LogP contribution is -2.00. The highest BCUT2D eigenvalue weighted by atomic mass is 16.6. The van der Waals surface area contributed by atoms with Gasteiger partial charge in [-0.1, -0.05) is 18.2 Å². The number of aromatic hydroxyl groups is 1. The number of nitro benzene ring substituents is 1. The molecule has 0 spiro atoms. The lowest BCUT2D eigenvalue weighted by Gasteiger charge is -2.08. The van der Waals surface area contributed by atoms with Crippen molar-refractivity contribution in [3.05, 3.63) is 63.7 Å². The predicted octanol–water partition coefficient (Wildman–Crippen LogP) is 3.22. The summed E-state index contributed by atoms with van der Waals surface area (Å²) in [6.07, 6.45) is 0. The van der Waals surface area contributed by atoms with Crippen molar-refractivity contribution in [1.82, 2.24) is 0 Å². The molecule has 98 valence electrons. The molecule has 2 N–H and O–H groups in total. The first kappa shape index (κ1) is 12.9. The Labute approximate surface area is 110 Å². The highest BCUT2D eigenvalue weighted by Crippen LogP contribution is 2.23. The van der Waals surface area contributed by atoms with Crippen LogP contribution in [0.1, 0.15) is 11.1 Å². The van der Waals surface area contributed by atoms with E-state index in [1.165, 1.54) is 6.07 Å². The highest BCUT2D eigenvalue weighted by Gasteiger charge is 2.10. The second-order valence-electron chi connectivity index (χ2n) is 4.24. The monoisotopic (exact) mass is 258 g/mol. The fraction of sp³-hybridized carbons (Fsp3) is 0.143. The molecular weight excluding hydrogens is 244 g/mol. The second kappa shape index (κ2) is 5.39. The van der Waals surface area contributed by atoms with E-state index >= 15 is 0 Å². The van der Waals surface area contributed by atoms with Gasteiger partial charge in [-0.3, -0.25) is 10.1 Å². The van der Waals surface area contributed by atoms with Crippen LogP contribution in [0.15, 0.2) is 42.5 Å². The number of hydrogen-bond acceptors (Lipinski definition) is 4. The Bertz CT molecular complexity index is 611. The molecular formula is C14H14N2O3. The summed E-state index contributed by atoms with van der Waals surface area (Å²) in [5.74, 6) is 0.230. The molecule has 0 saturated carbocycles. The summed E-state index contributed by atoms with van der Waals surface area (Å²) in [6, 6.07) is 11.9. The molecule has 2 rings (SSSR count). The maximum absolute atomic E-state index is 10.7. The molecule has 2 aromatic rings. The highest BCUT2D eigenvalue weighted by molar-refractivity contribution is 5.54. The molecule has 0 bridgehead atoms. The van der Waals surface area contributed by atoms with Crippen LogP contribution in [0.5, 0.6) is 5.75 Å². The Kier molecular flexibility index (Phi) is 3.66. The number of rotatable bonds is 4. The molecule has 0 unspecified atom stereocenters. The Morgan fingerprint density at radius 3 is 2.63 bits per heavy atom. The minimum atomic E-state index is -0.401. The number of nitrogens with zero attached hydrogens (tertiary/aromatic N) is 1. The zero-order valence-electron chi connectivity index (χ0n) is 10.5. The van der Waals surface area contributed by atoms with Crippen LogP contribution in [0.25, 0.3) is 0 Å². The lowest BCUT2D eigenvalue weighted by molar-refractivity contribution is -0.385. The first-order chi connectivity index (χ1) is 9.08. The summed E-state index contributed by atoms with van der Waals surface area (Å²) in [5.41, 5.74) is 2.27. The van der Waals surface area contributed by atoms with Crippen molar-refractivity contribution in [3.63, 3.8) is 0 Å². The predicted molar refractivity (Wildman–Crippen MR) is 73.3 cm³/mol. The number of anilines is 1. The van der Waals surface area contributed by atoms with E-state index < -0.39 is 4.92 Å². The summed E-state index contributed by atoms with van der Waals surface area (Å²) < 4.78 is 0. The van der Waals surface area contributed by atoms with Crippen molar-refractivity contribution in [2.24, 2.45) is 0 Å². The van der Waals surface area contributed by atoms with Crippen molar-refractivity contribution in [1.29, 1.82) is 0 Å². The van der Waals surface area contributed by atoms with Crippen molar-refractivity contribution >= 4 is 11.4 Å². The maximum Gasteiger partial charge on any atom is 0.272 e. The van der Waals surface area contributed by atoms with Crippen LogP contribution in [-0.2, 0) is 6.54 Å². The summed E-state index contributed by atoms with van der Waals surface area (Å²) >= 11 is 0. The van der Waals surface area contributed by atoms with E-state index in [9.17, 15) is 15.2 Å². The maximum atomic E-state index is 10.7. The lowest BCUT2D eigenvalue weighted by atomic mass is 10.1. The zero-order valence-corrected chi connectivity index (χ0v) is 10.5. The van der Waals surface area contributed by atoms with E-state index in [0.29, 0.717) is 12.1 Å². The second-order valence-corrected chi connectivity index (χ2v) is 4.24. The van der Waals surface area contributed by atoms with Gasteiger partial charge in [-0.25, -0.2) is 0 Å². The van der Waals surface area contributed by atoms with Gasteiger partial charge in [-0.05, 0) is 25.1 Å². The van der Waals surface area contributed by atoms with Crippen LogP contribution in [0, 0.1) is 17.0 Å². The topological polar surface area (TPSA) is 75.4 Å². The van der Waals surface area contributed by atoms with E-state index in [2.05, 4.69) is 5.32 Å². The van der Waals surface area contributed by atoms with Gasteiger partial charge in [0.1, 0.15) is 5.75 Å². The van der Waals surface area contributed by atoms with E-state index in [1.54, 1.807) is 31.2 Å². The molecule has 0 heterocycles. The molecule has 0 aliphatic rings. The molecule has 0 amide bonds. The number of hydrogen-bond donors (Lipinski definition) is 2. The fourth-order valence-electron chi connectivity index (χ4n) is 1.83. The van der Waals surface area contributed by atoms with Crippen LogP contribution in [0.2, 0.25) is 0 Å². The van der Waals surface area contributed by atoms with Gasteiger partial charge < -0.3 is 10.4 Å². The van der Waals surface area contributed by atoms with Gasteiger partial charge in [0.05, 0.1) is 4.92 Å². The zero-order chi connectivity index (χ0) is 13.8. The largest absolute Gasteiger partial charge is 0.508 e. The molecule has 0 saturated heterocycles. The van der Waals surface area contributed by atoms with Crippen molar-refractivity contribution in [2.75, 3.05) is 5.32 Å². The summed E-state index contributed by atoms with van der Waals surface area (Å²) in [4.78, 5) is 10.3. The molecule has 0 atom stereocenters. The number of phenolic OH excluding ortho intramolecular Hbond substituents is 1. The van der Waals surface area contributed by atoms with E-state index in [-0.39, 0.29) is 11.4 Å². The summed E-state index contributed by atoms with van der Waals surface area (Å²) in [7, 11) is 0. The van der Waals surface area contributed by atoms with Gasteiger partial charge in [-0.15, -0.1) is 0 Å². The first-order valence-corrected chi connectivity index (χ1v) is 5.83. The van der Waals surface area contributed by atoms with Gasteiger partial charge in [0.2, 0.25) is 0 Å². The quantitative estimate of drug-likeness (QED) is 0.652. The standard InChI is InChI=1S/C14H14N2O3/c1-10-8-12(6-7-13(10)16(18)19)15-9-11-4-2-3-5-14(11)17/h2-8,15,17H,9H2,1H3. The number of benzene rings is 2. The minimum Gasteiger partial charge on any atom is -0.508 e. The molecule has 5 nitrogen and oxygen atoms in total. The minimum absolute atomic E-state index is 0.105. The molecule has 5 heteroatoms. The Balaban J connectivity index is 2.11. The van der Waals surface area contributed by atoms with Crippen molar-refractivity contribution < 1.29 is 10.0 Å². The SMILES string of the molecule is Cc1cc(NCc2ccccc2O)ccc1[N+](=O)[O-]. The molecule has 2 aromatic carbocycles. The van der Waals surface area contributed by atoms with Crippen LogP contribution < -0.4 is 5.32 Å². The Hall–Kier alpha value is -2.56. The van der Waals surface area contributed by atoms with Crippen molar-refractivity contribution in [2.45, 2.75) is 13.5 Å². The van der Waals surface area contributed by atoms with E-state index in [0.717, 1.165) is 11.3 Å². The Morgan fingerprint density at radius 2 is 2.00 bits per heavy atom. The number of phenols is 1. The normalized spacial score (nSPS) is 10.2. The molecule has 0 aliphatic heterocycles. The molecule has 0 aliphatic carbocycles. The van der Waals surface area contributed by atoms with Gasteiger partial charge >= 0.3 is 0 Å². The van der Waals surface area contributed by atoms with E-state index in [1.807, 2.05) is 12.1 Å². The third kappa shape index (κ3) is 3.01. The fourth-order valence-corrected chi connectivity index (χ4v) is 1.83. The van der Waals surface area contributed by atoms with Crippen LogP contribution in [0.3, 0.4) is 0 Å². The molecule has 0 radical (unpaired) electrons. The number of nitrogens with one attached hydrogen (secondary N) is 1. The molecule has 0 aromatic heterocycles. The van der Waals surface area contributed by atoms with Gasteiger partial charge in [0.25, 0.3) is 5.69 Å². The third-order valence-electron chi connectivity index (χ3n) is 2.87. The first-order valence-electron chi connectivity index (χ1n) is 5.83. The van der Waals surface area contributed by atoms with Crippen molar-refractivity contribution in [3.8, 4) is 5.75 Å². The number of para-hydroxylation sites is 1. The summed E-state index contributed by atoms with van der Waals surface area (Å²) in [5, 5.41) is 23.5. The van der Waals surface area contributed by atoms with Crippen LogP contribution >= 0.6 is 0 Å². The molecule has 0 fully saturated rings. The van der Waals surface area contributed by atoms with Crippen LogP contribution in [-0.4, -0.2) is 10.0 Å². The average Bonchev–Trinajstić information content (AvgIpc) is 2.37. The number of nitro groups is 1. The number of aryl methyl sites for hydroxylation is 1. The average molecular weight is 258 g/mol. The summed E-state index contributed by atoms with van der Waals surface area (Å²) in [6.45, 7) is 2.16. The smallest absolute Gasteiger partial charge is 0.272 e. The van der Waals surface area contributed by atoms with Crippen LogP contribution in [0.4, 0.5) is 11.4 Å². The Morgan fingerprint density at radius 1 is 1.26 bits per heavy atom. The molecule has 19 heavy (non-hydrogen) atoms. The van der Waals surface area contributed by atoms with Gasteiger partial charge in [-0.2, -0.15) is 0 Å². The van der Waals surface area contributed by atoms with Gasteiger partial charge in [0.15, 0.2) is 0 Å².